The topological polar surface area (TPSA) is 48.9 Å². The van der Waals surface area contributed by atoms with Crippen molar-refractivity contribution in [3.63, 3.8) is 0 Å². The zero-order valence-corrected chi connectivity index (χ0v) is 14.7. The van der Waals surface area contributed by atoms with Crippen molar-refractivity contribution in [1.29, 1.82) is 0 Å². The third-order valence-electron chi connectivity index (χ3n) is 4.57. The molecule has 2 aliphatic heterocycles. The number of likely N-dealkylation sites (N-methyl/N-ethyl adjacent to an activating group) is 1. The summed E-state index contributed by atoms with van der Waals surface area (Å²) >= 11 is 1.66. The van der Waals surface area contributed by atoms with E-state index in [9.17, 15) is 4.79 Å². The second-order valence-electron chi connectivity index (χ2n) is 6.11. The maximum atomic E-state index is 12.4. The van der Waals surface area contributed by atoms with Crippen LogP contribution in [0, 0.1) is 0 Å². The van der Waals surface area contributed by atoms with E-state index in [-0.39, 0.29) is 5.91 Å². The summed E-state index contributed by atoms with van der Waals surface area (Å²) in [7, 11) is 0. The molecule has 23 heavy (non-hydrogen) atoms. The summed E-state index contributed by atoms with van der Waals surface area (Å²) in [6, 6.07) is 0. The van der Waals surface area contributed by atoms with Gasteiger partial charge in [0.05, 0.1) is 31.9 Å². The minimum Gasteiger partial charge on any atom is -0.379 e. The predicted molar refractivity (Wildman–Crippen MR) is 90.6 cm³/mol. The first-order valence-corrected chi connectivity index (χ1v) is 9.36. The molecule has 2 saturated heterocycles. The van der Waals surface area contributed by atoms with Crippen molar-refractivity contribution < 1.29 is 9.53 Å². The zero-order chi connectivity index (χ0) is 16.1. The zero-order valence-electron chi connectivity index (χ0n) is 13.9. The highest BCUT2D eigenvalue weighted by molar-refractivity contribution is 7.09. The standard InChI is InChI=1S/C16H26N4O2S/c1-2-18-3-5-20(6-4-18)16(21)11-14-13-23-15(17-14)12-19-7-9-22-10-8-19/h13H,2-12H2,1H3. The lowest BCUT2D eigenvalue weighted by molar-refractivity contribution is -0.132. The highest BCUT2D eigenvalue weighted by Gasteiger charge is 2.21. The van der Waals surface area contributed by atoms with Crippen LogP contribution in [0.4, 0.5) is 0 Å². The van der Waals surface area contributed by atoms with Crippen molar-refractivity contribution in [1.82, 2.24) is 19.7 Å². The Labute approximate surface area is 142 Å². The molecule has 0 N–H and O–H groups in total. The molecule has 0 aromatic carbocycles. The number of hydrogen-bond donors (Lipinski definition) is 0. The van der Waals surface area contributed by atoms with Crippen molar-refractivity contribution in [2.45, 2.75) is 19.9 Å². The van der Waals surface area contributed by atoms with E-state index >= 15 is 0 Å². The Bertz CT molecular complexity index is 508. The number of morpholine rings is 1. The first-order chi connectivity index (χ1) is 11.2. The molecule has 0 atom stereocenters. The van der Waals surface area contributed by atoms with Gasteiger partial charge >= 0.3 is 0 Å². The molecule has 128 valence electrons. The SMILES string of the molecule is CCN1CCN(C(=O)Cc2csc(CN3CCOCC3)n2)CC1. The number of aromatic nitrogens is 1. The first-order valence-electron chi connectivity index (χ1n) is 8.48. The molecular formula is C16H26N4O2S. The Morgan fingerprint density at radius 2 is 1.91 bits per heavy atom. The molecule has 0 radical (unpaired) electrons. The molecular weight excluding hydrogens is 312 g/mol. The van der Waals surface area contributed by atoms with Gasteiger partial charge < -0.3 is 14.5 Å². The molecule has 0 bridgehead atoms. The summed E-state index contributed by atoms with van der Waals surface area (Å²) in [5, 5.41) is 3.14. The number of carbonyl (C=O) groups is 1. The fraction of sp³-hybridized carbons (Fsp3) is 0.750. The Balaban J connectivity index is 1.47. The molecule has 0 unspecified atom stereocenters. The van der Waals surface area contributed by atoms with Gasteiger partial charge in [0, 0.05) is 44.6 Å². The van der Waals surface area contributed by atoms with Gasteiger partial charge in [0.2, 0.25) is 5.91 Å². The van der Waals surface area contributed by atoms with Crippen LogP contribution in [0.5, 0.6) is 0 Å². The van der Waals surface area contributed by atoms with E-state index in [2.05, 4.69) is 21.7 Å². The van der Waals surface area contributed by atoms with Gasteiger partial charge in [0.15, 0.2) is 0 Å². The fourth-order valence-electron chi connectivity index (χ4n) is 3.03. The molecule has 3 rings (SSSR count). The largest absolute Gasteiger partial charge is 0.379 e. The number of nitrogens with zero attached hydrogens (tertiary/aromatic N) is 4. The molecule has 1 aromatic rings. The first kappa shape index (κ1) is 16.8. The number of thiazole rings is 1. The van der Waals surface area contributed by atoms with Crippen LogP contribution in [-0.2, 0) is 22.5 Å². The van der Waals surface area contributed by atoms with Crippen LogP contribution >= 0.6 is 11.3 Å². The number of hydrogen-bond acceptors (Lipinski definition) is 6. The van der Waals surface area contributed by atoms with Gasteiger partial charge in [-0.2, -0.15) is 0 Å². The van der Waals surface area contributed by atoms with Gasteiger partial charge in [-0.25, -0.2) is 4.98 Å². The van der Waals surface area contributed by atoms with Crippen LogP contribution in [-0.4, -0.2) is 84.6 Å². The molecule has 0 spiro atoms. The van der Waals surface area contributed by atoms with Crippen LogP contribution in [0.2, 0.25) is 0 Å². The smallest absolute Gasteiger partial charge is 0.228 e. The van der Waals surface area contributed by atoms with E-state index < -0.39 is 0 Å². The minimum absolute atomic E-state index is 0.212. The van der Waals surface area contributed by atoms with Gasteiger partial charge in [-0.1, -0.05) is 6.92 Å². The van der Waals surface area contributed by atoms with Crippen LogP contribution in [0.15, 0.2) is 5.38 Å². The van der Waals surface area contributed by atoms with Crippen molar-refractivity contribution in [2.24, 2.45) is 0 Å². The van der Waals surface area contributed by atoms with Crippen molar-refractivity contribution in [3.05, 3.63) is 16.1 Å². The lowest BCUT2D eigenvalue weighted by Gasteiger charge is -2.34. The van der Waals surface area contributed by atoms with Gasteiger partial charge in [-0.3, -0.25) is 9.69 Å². The quantitative estimate of drug-likeness (QED) is 0.790. The molecule has 1 amide bonds. The average Bonchev–Trinajstić information content (AvgIpc) is 3.02. The lowest BCUT2D eigenvalue weighted by Crippen LogP contribution is -2.48. The van der Waals surface area contributed by atoms with Crippen molar-refractivity contribution >= 4 is 17.2 Å². The normalized spacial score (nSPS) is 20.8. The predicted octanol–water partition coefficient (Wildman–Crippen LogP) is 0.682. The molecule has 0 saturated carbocycles. The maximum Gasteiger partial charge on any atom is 0.228 e. The van der Waals surface area contributed by atoms with Gasteiger partial charge in [0.25, 0.3) is 0 Å². The van der Waals surface area contributed by atoms with Gasteiger partial charge in [-0.15, -0.1) is 11.3 Å². The van der Waals surface area contributed by atoms with Crippen LogP contribution in [0.1, 0.15) is 17.6 Å². The van der Waals surface area contributed by atoms with E-state index in [0.717, 1.165) is 76.3 Å². The van der Waals surface area contributed by atoms with Crippen LogP contribution in [0.3, 0.4) is 0 Å². The molecule has 6 nitrogen and oxygen atoms in total. The highest BCUT2D eigenvalue weighted by Crippen LogP contribution is 2.15. The van der Waals surface area contributed by atoms with Gasteiger partial charge in [-0.05, 0) is 6.54 Å². The summed E-state index contributed by atoms with van der Waals surface area (Å²) in [5.74, 6) is 0.212. The molecule has 0 aliphatic carbocycles. The lowest BCUT2D eigenvalue weighted by atomic mass is 10.2. The third kappa shape index (κ3) is 4.73. The minimum atomic E-state index is 0.212. The summed E-state index contributed by atoms with van der Waals surface area (Å²) in [6.07, 6.45) is 0.436. The van der Waals surface area contributed by atoms with E-state index in [4.69, 9.17) is 4.74 Å². The number of ether oxygens (including phenoxy) is 1. The van der Waals surface area contributed by atoms with Crippen molar-refractivity contribution in [3.8, 4) is 0 Å². The van der Waals surface area contributed by atoms with E-state index in [0.29, 0.717) is 6.42 Å². The Kier molecular flexibility index (Phi) is 5.99. The Morgan fingerprint density at radius 3 is 2.61 bits per heavy atom. The molecule has 3 heterocycles. The fourth-order valence-corrected chi connectivity index (χ4v) is 3.87. The number of amides is 1. The van der Waals surface area contributed by atoms with E-state index in [1.54, 1.807) is 11.3 Å². The van der Waals surface area contributed by atoms with Crippen LogP contribution < -0.4 is 0 Å². The average molecular weight is 338 g/mol. The molecule has 2 fully saturated rings. The summed E-state index contributed by atoms with van der Waals surface area (Å²) in [4.78, 5) is 23.8. The highest BCUT2D eigenvalue weighted by atomic mass is 32.1. The third-order valence-corrected chi connectivity index (χ3v) is 5.45. The van der Waals surface area contributed by atoms with Crippen LogP contribution in [0.25, 0.3) is 0 Å². The summed E-state index contributed by atoms with van der Waals surface area (Å²) in [6.45, 7) is 11.3. The second-order valence-corrected chi connectivity index (χ2v) is 7.06. The maximum absolute atomic E-state index is 12.4. The van der Waals surface area contributed by atoms with Gasteiger partial charge in [0.1, 0.15) is 5.01 Å². The second kappa shape index (κ2) is 8.19. The van der Waals surface area contributed by atoms with E-state index in [1.807, 2.05) is 10.3 Å². The van der Waals surface area contributed by atoms with Crippen molar-refractivity contribution in [2.75, 3.05) is 59.0 Å². The van der Waals surface area contributed by atoms with E-state index in [1.165, 1.54) is 0 Å². The molecule has 2 aliphatic rings. The Hall–Kier alpha value is -1.02. The molecule has 1 aromatic heterocycles. The number of carbonyl (C=O) groups excluding carboxylic acids is 1. The monoisotopic (exact) mass is 338 g/mol. The number of rotatable bonds is 5. The Morgan fingerprint density at radius 1 is 1.17 bits per heavy atom. The number of piperazine rings is 1. The molecule has 7 heteroatoms. The summed E-state index contributed by atoms with van der Waals surface area (Å²) in [5.41, 5.74) is 0.918. The summed E-state index contributed by atoms with van der Waals surface area (Å²) < 4.78 is 5.37.